The van der Waals surface area contributed by atoms with Gasteiger partial charge in [-0.1, -0.05) is 11.6 Å². The van der Waals surface area contributed by atoms with Crippen LogP contribution < -0.4 is 10.2 Å². The van der Waals surface area contributed by atoms with Crippen molar-refractivity contribution in [2.24, 2.45) is 0 Å². The number of hydrogen-bond acceptors (Lipinski definition) is 3. The van der Waals surface area contributed by atoms with E-state index in [2.05, 4.69) is 0 Å². The van der Waals surface area contributed by atoms with Gasteiger partial charge in [-0.25, -0.2) is 4.79 Å². The monoisotopic (exact) mass is 279 g/mol. The minimum Gasteiger partial charge on any atom is -0.478 e. The lowest BCUT2D eigenvalue weighted by molar-refractivity contribution is 0.0686. The number of aromatic nitrogens is 1. The molecule has 2 aromatic rings. The molecule has 1 aromatic heterocycles. The van der Waals surface area contributed by atoms with E-state index in [0.29, 0.717) is 29.1 Å². The standard InChI is InChI=1S/C13H10ClNO4/c14-7-2-3-8-9(6-7)15-4-1-5-19-12(15)10(11(8)16)13(17)18/h2-3,6H,1,4-5H2,(H,17,18). The SMILES string of the molecule is O=C(O)c1c2n(c3cc(Cl)ccc3c1=O)CCCO2. The van der Waals surface area contributed by atoms with Crippen molar-refractivity contribution < 1.29 is 14.6 Å². The summed E-state index contributed by atoms with van der Waals surface area (Å²) in [6, 6.07) is 4.78. The van der Waals surface area contributed by atoms with Crippen molar-refractivity contribution >= 4 is 28.5 Å². The number of pyridine rings is 1. The van der Waals surface area contributed by atoms with E-state index >= 15 is 0 Å². The van der Waals surface area contributed by atoms with E-state index in [0.717, 1.165) is 6.42 Å². The molecule has 0 atom stereocenters. The van der Waals surface area contributed by atoms with Crippen LogP contribution >= 0.6 is 11.6 Å². The quantitative estimate of drug-likeness (QED) is 0.868. The Bertz CT molecular complexity index is 750. The number of aryl methyl sites for hydroxylation is 1. The van der Waals surface area contributed by atoms with Gasteiger partial charge in [-0.2, -0.15) is 0 Å². The first-order valence-electron chi connectivity index (χ1n) is 5.82. The summed E-state index contributed by atoms with van der Waals surface area (Å²) in [4.78, 5) is 23.5. The largest absolute Gasteiger partial charge is 0.478 e. The summed E-state index contributed by atoms with van der Waals surface area (Å²) in [5.74, 6) is -1.15. The first-order valence-corrected chi connectivity index (χ1v) is 6.19. The Labute approximate surface area is 113 Å². The summed E-state index contributed by atoms with van der Waals surface area (Å²) in [7, 11) is 0. The van der Waals surface area contributed by atoms with E-state index in [1.165, 1.54) is 0 Å². The smallest absolute Gasteiger partial charge is 0.345 e. The highest BCUT2D eigenvalue weighted by atomic mass is 35.5. The molecule has 3 rings (SSSR count). The maximum atomic E-state index is 12.2. The van der Waals surface area contributed by atoms with Gasteiger partial charge in [0.15, 0.2) is 5.56 Å². The number of ether oxygens (including phenoxy) is 1. The molecule has 98 valence electrons. The van der Waals surface area contributed by atoms with Gasteiger partial charge in [0.2, 0.25) is 11.3 Å². The van der Waals surface area contributed by atoms with Crippen LogP contribution in [0.4, 0.5) is 0 Å². The number of carbonyl (C=O) groups is 1. The van der Waals surface area contributed by atoms with Crippen molar-refractivity contribution in [2.45, 2.75) is 13.0 Å². The van der Waals surface area contributed by atoms with Crippen LogP contribution in [0.2, 0.25) is 5.02 Å². The van der Waals surface area contributed by atoms with Crippen LogP contribution in [-0.2, 0) is 6.54 Å². The topological polar surface area (TPSA) is 68.5 Å². The van der Waals surface area contributed by atoms with E-state index in [4.69, 9.17) is 16.3 Å². The van der Waals surface area contributed by atoms with Gasteiger partial charge in [0.25, 0.3) is 0 Å². The average Bonchev–Trinajstić information content (AvgIpc) is 2.38. The lowest BCUT2D eigenvalue weighted by Gasteiger charge is -2.23. The zero-order valence-electron chi connectivity index (χ0n) is 9.85. The van der Waals surface area contributed by atoms with E-state index in [1.807, 2.05) is 0 Å². The lowest BCUT2D eigenvalue weighted by Crippen LogP contribution is -2.26. The second-order valence-electron chi connectivity index (χ2n) is 4.33. The number of benzene rings is 1. The molecule has 0 radical (unpaired) electrons. The highest BCUT2D eigenvalue weighted by Crippen LogP contribution is 2.27. The molecule has 5 nitrogen and oxygen atoms in total. The Morgan fingerprint density at radius 1 is 1.42 bits per heavy atom. The average molecular weight is 280 g/mol. The molecule has 0 amide bonds. The second kappa shape index (κ2) is 4.28. The minimum atomic E-state index is -1.27. The van der Waals surface area contributed by atoms with Crippen LogP contribution in [0.3, 0.4) is 0 Å². The van der Waals surface area contributed by atoms with Crippen molar-refractivity contribution in [2.75, 3.05) is 6.61 Å². The molecule has 1 aliphatic rings. The third-order valence-corrected chi connectivity index (χ3v) is 3.40. The summed E-state index contributed by atoms with van der Waals surface area (Å²) < 4.78 is 7.09. The predicted octanol–water partition coefficient (Wildman–Crippen LogP) is 2.14. The molecule has 0 unspecified atom stereocenters. The Kier molecular flexibility index (Phi) is 2.71. The van der Waals surface area contributed by atoms with Crippen molar-refractivity contribution in [3.63, 3.8) is 0 Å². The first-order chi connectivity index (χ1) is 9.09. The van der Waals surface area contributed by atoms with Gasteiger partial charge in [0.1, 0.15) is 0 Å². The Balaban J connectivity index is 2.51. The number of fused-ring (bicyclic) bond motifs is 3. The molecular weight excluding hydrogens is 270 g/mol. The Morgan fingerprint density at radius 2 is 2.21 bits per heavy atom. The molecule has 19 heavy (non-hydrogen) atoms. The molecular formula is C13H10ClNO4. The van der Waals surface area contributed by atoms with Crippen LogP contribution in [0.25, 0.3) is 10.9 Å². The maximum Gasteiger partial charge on any atom is 0.345 e. The molecule has 1 aliphatic heterocycles. The summed E-state index contributed by atoms with van der Waals surface area (Å²) in [5, 5.41) is 10.1. The molecule has 0 aliphatic carbocycles. The number of aromatic carboxylic acids is 1. The van der Waals surface area contributed by atoms with Crippen molar-refractivity contribution in [1.82, 2.24) is 4.57 Å². The third-order valence-electron chi connectivity index (χ3n) is 3.16. The fourth-order valence-electron chi connectivity index (χ4n) is 2.35. The van der Waals surface area contributed by atoms with E-state index in [9.17, 15) is 14.7 Å². The van der Waals surface area contributed by atoms with Gasteiger partial charge in [-0.15, -0.1) is 0 Å². The Hall–Kier alpha value is -2.01. The highest BCUT2D eigenvalue weighted by Gasteiger charge is 2.25. The first kappa shape index (κ1) is 12.0. The van der Waals surface area contributed by atoms with Crippen LogP contribution in [0.1, 0.15) is 16.8 Å². The second-order valence-corrected chi connectivity index (χ2v) is 4.77. The number of carboxylic acids is 1. The van der Waals surface area contributed by atoms with E-state index in [-0.39, 0.29) is 11.4 Å². The number of rotatable bonds is 1. The Morgan fingerprint density at radius 3 is 2.95 bits per heavy atom. The summed E-state index contributed by atoms with van der Waals surface area (Å²) in [6.45, 7) is 1.01. The fraction of sp³-hybridized carbons (Fsp3) is 0.231. The zero-order valence-corrected chi connectivity index (χ0v) is 10.6. The van der Waals surface area contributed by atoms with Crippen LogP contribution in [0.5, 0.6) is 5.88 Å². The molecule has 0 saturated carbocycles. The zero-order chi connectivity index (χ0) is 13.6. The number of nitrogens with zero attached hydrogens (tertiary/aromatic N) is 1. The molecule has 1 aromatic carbocycles. The molecule has 0 bridgehead atoms. The summed E-state index contributed by atoms with van der Waals surface area (Å²) >= 11 is 5.94. The molecule has 1 N–H and O–H groups in total. The van der Waals surface area contributed by atoms with Gasteiger partial charge in [-0.3, -0.25) is 4.79 Å². The van der Waals surface area contributed by atoms with Gasteiger partial charge in [0, 0.05) is 17.0 Å². The predicted molar refractivity (Wildman–Crippen MR) is 70.3 cm³/mol. The molecule has 6 heteroatoms. The van der Waals surface area contributed by atoms with Gasteiger partial charge in [-0.05, 0) is 24.6 Å². The molecule has 0 spiro atoms. The number of carboxylic acid groups (broad SMARTS) is 1. The lowest BCUT2D eigenvalue weighted by atomic mass is 10.1. The normalized spacial score (nSPS) is 13.9. The van der Waals surface area contributed by atoms with Crippen molar-refractivity contribution in [1.29, 1.82) is 0 Å². The molecule has 0 fully saturated rings. The molecule has 0 saturated heterocycles. The van der Waals surface area contributed by atoms with Crippen LogP contribution in [0.15, 0.2) is 23.0 Å². The van der Waals surface area contributed by atoms with Crippen LogP contribution in [-0.4, -0.2) is 22.2 Å². The van der Waals surface area contributed by atoms with Gasteiger partial charge < -0.3 is 14.4 Å². The minimum absolute atomic E-state index is 0.124. The van der Waals surface area contributed by atoms with Gasteiger partial charge >= 0.3 is 5.97 Å². The summed E-state index contributed by atoms with van der Waals surface area (Å²) in [6.07, 6.45) is 0.760. The van der Waals surface area contributed by atoms with E-state index < -0.39 is 11.4 Å². The van der Waals surface area contributed by atoms with Gasteiger partial charge in [0.05, 0.1) is 12.1 Å². The maximum absolute atomic E-state index is 12.2. The highest BCUT2D eigenvalue weighted by molar-refractivity contribution is 6.31. The van der Waals surface area contributed by atoms with Crippen molar-refractivity contribution in [3.8, 4) is 5.88 Å². The fourth-order valence-corrected chi connectivity index (χ4v) is 2.51. The van der Waals surface area contributed by atoms with E-state index in [1.54, 1.807) is 22.8 Å². The summed E-state index contributed by atoms with van der Waals surface area (Å²) in [5.41, 5.74) is -0.237. The third kappa shape index (κ3) is 1.77. The van der Waals surface area contributed by atoms with Crippen LogP contribution in [0, 0.1) is 0 Å². The number of hydrogen-bond donors (Lipinski definition) is 1. The van der Waals surface area contributed by atoms with Crippen molar-refractivity contribution in [3.05, 3.63) is 39.0 Å². The molecule has 2 heterocycles. The number of halogens is 1.